The fraction of sp³-hybridized carbons (Fsp3) is 0.800. The first-order valence-corrected chi connectivity index (χ1v) is 4.51. The fourth-order valence-corrected chi connectivity index (χ4v) is 0.656. The molecule has 0 saturated carbocycles. The van der Waals surface area contributed by atoms with E-state index in [2.05, 4.69) is 20.8 Å². The van der Waals surface area contributed by atoms with Crippen molar-refractivity contribution >= 4 is 0 Å². The lowest BCUT2D eigenvalue weighted by atomic mass is 10.2. The Morgan fingerprint density at radius 1 is 1.18 bits per heavy atom. The van der Waals surface area contributed by atoms with E-state index in [-0.39, 0.29) is 0 Å². The van der Waals surface area contributed by atoms with Gasteiger partial charge in [-0.25, -0.2) is 0 Å². The number of hydrogen-bond donors (Lipinski definition) is 0. The average molecular weight is 156 g/mol. The molecule has 1 aliphatic rings. The number of hydrogen-bond acceptors (Lipinski definition) is 1. The zero-order valence-corrected chi connectivity index (χ0v) is 8.24. The smallest absolute Gasteiger partial charge is 0.0919 e. The SMILES string of the molecule is CC1=C(C)OCC1.CCCC. The predicted octanol–water partition coefficient (Wildman–Crippen LogP) is 3.51. The van der Waals surface area contributed by atoms with Gasteiger partial charge < -0.3 is 4.74 Å². The molecule has 0 atom stereocenters. The Hall–Kier alpha value is -0.460. The third-order valence-corrected chi connectivity index (χ3v) is 1.90. The molecular formula is C10H20O. The Morgan fingerprint density at radius 3 is 1.82 bits per heavy atom. The number of unbranched alkanes of at least 4 members (excludes halogenated alkanes) is 1. The van der Waals surface area contributed by atoms with Crippen LogP contribution < -0.4 is 0 Å². The molecule has 0 amide bonds. The van der Waals surface area contributed by atoms with Crippen molar-refractivity contribution in [2.75, 3.05) is 6.61 Å². The van der Waals surface area contributed by atoms with Crippen molar-refractivity contribution in [2.24, 2.45) is 0 Å². The van der Waals surface area contributed by atoms with Gasteiger partial charge >= 0.3 is 0 Å². The molecule has 0 fully saturated rings. The maximum atomic E-state index is 5.14. The van der Waals surface area contributed by atoms with Gasteiger partial charge in [0.2, 0.25) is 0 Å². The Kier molecular flexibility index (Phi) is 6.00. The lowest BCUT2D eigenvalue weighted by molar-refractivity contribution is 0.246. The lowest BCUT2D eigenvalue weighted by Gasteiger charge is -1.91. The monoisotopic (exact) mass is 156 g/mol. The summed E-state index contributed by atoms with van der Waals surface area (Å²) in [6, 6.07) is 0. The van der Waals surface area contributed by atoms with Crippen LogP contribution in [-0.2, 0) is 4.74 Å². The van der Waals surface area contributed by atoms with Gasteiger partial charge in [-0.05, 0) is 19.4 Å². The second-order valence-corrected chi connectivity index (χ2v) is 2.93. The fourth-order valence-electron chi connectivity index (χ4n) is 0.656. The van der Waals surface area contributed by atoms with Crippen LogP contribution >= 0.6 is 0 Å². The molecule has 11 heavy (non-hydrogen) atoms. The maximum absolute atomic E-state index is 5.14. The zero-order chi connectivity index (χ0) is 8.69. The van der Waals surface area contributed by atoms with Gasteiger partial charge in [-0.2, -0.15) is 0 Å². The summed E-state index contributed by atoms with van der Waals surface area (Å²) in [6.45, 7) is 9.39. The van der Waals surface area contributed by atoms with Crippen LogP contribution in [0.5, 0.6) is 0 Å². The lowest BCUT2D eigenvalue weighted by Crippen LogP contribution is -1.76. The summed E-state index contributed by atoms with van der Waals surface area (Å²) in [5.41, 5.74) is 1.40. The average Bonchev–Trinajstić information content (AvgIpc) is 2.37. The summed E-state index contributed by atoms with van der Waals surface area (Å²) >= 11 is 0. The zero-order valence-electron chi connectivity index (χ0n) is 8.24. The molecule has 0 spiro atoms. The van der Waals surface area contributed by atoms with Crippen molar-refractivity contribution in [2.45, 2.75) is 47.0 Å². The van der Waals surface area contributed by atoms with E-state index in [9.17, 15) is 0 Å². The van der Waals surface area contributed by atoms with Gasteiger partial charge in [0.05, 0.1) is 12.4 Å². The van der Waals surface area contributed by atoms with Gasteiger partial charge in [0.25, 0.3) is 0 Å². The van der Waals surface area contributed by atoms with E-state index in [0.717, 1.165) is 18.8 Å². The first-order valence-electron chi connectivity index (χ1n) is 4.51. The van der Waals surface area contributed by atoms with Crippen LogP contribution in [0.2, 0.25) is 0 Å². The minimum atomic E-state index is 0.900. The maximum Gasteiger partial charge on any atom is 0.0919 e. The highest BCUT2D eigenvalue weighted by molar-refractivity contribution is 5.06. The first-order chi connectivity index (χ1) is 5.22. The van der Waals surface area contributed by atoms with E-state index in [4.69, 9.17) is 4.74 Å². The summed E-state index contributed by atoms with van der Waals surface area (Å²) in [4.78, 5) is 0. The highest BCUT2D eigenvalue weighted by Gasteiger charge is 2.04. The Morgan fingerprint density at radius 2 is 1.73 bits per heavy atom. The summed E-state index contributed by atoms with van der Waals surface area (Å²) in [6.07, 6.45) is 3.77. The van der Waals surface area contributed by atoms with Crippen molar-refractivity contribution in [3.63, 3.8) is 0 Å². The van der Waals surface area contributed by atoms with Crippen molar-refractivity contribution in [1.82, 2.24) is 0 Å². The van der Waals surface area contributed by atoms with Crippen LogP contribution in [0.15, 0.2) is 11.3 Å². The van der Waals surface area contributed by atoms with Crippen LogP contribution in [0.1, 0.15) is 47.0 Å². The standard InChI is InChI=1S/C6H10O.C4H10/c1-5-3-4-7-6(5)2;1-3-4-2/h3-4H2,1-2H3;3-4H2,1-2H3. The van der Waals surface area contributed by atoms with Gasteiger partial charge in [-0.15, -0.1) is 0 Å². The molecule has 0 saturated heterocycles. The quantitative estimate of drug-likeness (QED) is 0.564. The van der Waals surface area contributed by atoms with Crippen molar-refractivity contribution < 1.29 is 4.74 Å². The van der Waals surface area contributed by atoms with Crippen LogP contribution in [0, 0.1) is 0 Å². The summed E-state index contributed by atoms with van der Waals surface area (Å²) in [5, 5.41) is 0. The molecular weight excluding hydrogens is 136 g/mol. The molecule has 0 aromatic heterocycles. The topological polar surface area (TPSA) is 9.23 Å². The van der Waals surface area contributed by atoms with E-state index in [1.54, 1.807) is 0 Å². The molecule has 0 aromatic rings. The normalized spacial score (nSPS) is 15.6. The second kappa shape index (κ2) is 6.26. The van der Waals surface area contributed by atoms with Crippen molar-refractivity contribution in [3.05, 3.63) is 11.3 Å². The summed E-state index contributed by atoms with van der Waals surface area (Å²) in [5.74, 6) is 1.12. The largest absolute Gasteiger partial charge is 0.498 e. The van der Waals surface area contributed by atoms with Gasteiger partial charge in [0.1, 0.15) is 0 Å². The summed E-state index contributed by atoms with van der Waals surface area (Å²) < 4.78 is 5.14. The highest BCUT2D eigenvalue weighted by atomic mass is 16.5. The van der Waals surface area contributed by atoms with E-state index in [0.29, 0.717) is 0 Å². The molecule has 0 aromatic carbocycles. The first kappa shape index (κ1) is 10.5. The van der Waals surface area contributed by atoms with Crippen molar-refractivity contribution in [3.8, 4) is 0 Å². The van der Waals surface area contributed by atoms with E-state index in [1.807, 2.05) is 6.92 Å². The molecule has 0 radical (unpaired) electrons. The van der Waals surface area contributed by atoms with Crippen LogP contribution in [0.3, 0.4) is 0 Å². The molecule has 0 aliphatic carbocycles. The second-order valence-electron chi connectivity index (χ2n) is 2.93. The Labute approximate surface area is 70.4 Å². The van der Waals surface area contributed by atoms with Gasteiger partial charge in [-0.1, -0.05) is 26.7 Å². The molecule has 0 N–H and O–H groups in total. The molecule has 1 heteroatoms. The molecule has 0 unspecified atom stereocenters. The highest BCUT2D eigenvalue weighted by Crippen LogP contribution is 2.16. The van der Waals surface area contributed by atoms with Crippen LogP contribution in [-0.4, -0.2) is 6.61 Å². The number of allylic oxidation sites excluding steroid dienone is 1. The Balaban J connectivity index is 0.000000218. The minimum absolute atomic E-state index is 0.900. The summed E-state index contributed by atoms with van der Waals surface area (Å²) in [7, 11) is 0. The molecule has 1 nitrogen and oxygen atoms in total. The number of ether oxygens (including phenoxy) is 1. The minimum Gasteiger partial charge on any atom is -0.498 e. The Bertz CT molecular complexity index is 111. The van der Waals surface area contributed by atoms with Crippen LogP contribution in [0.25, 0.3) is 0 Å². The number of rotatable bonds is 1. The van der Waals surface area contributed by atoms with E-state index in [1.165, 1.54) is 18.4 Å². The molecule has 1 aliphatic heterocycles. The van der Waals surface area contributed by atoms with Gasteiger partial charge in [0.15, 0.2) is 0 Å². The van der Waals surface area contributed by atoms with Gasteiger partial charge in [0, 0.05) is 6.42 Å². The predicted molar refractivity (Wildman–Crippen MR) is 49.5 cm³/mol. The molecule has 0 bridgehead atoms. The third-order valence-electron chi connectivity index (χ3n) is 1.90. The third kappa shape index (κ3) is 4.88. The molecule has 1 rings (SSSR count). The van der Waals surface area contributed by atoms with E-state index >= 15 is 0 Å². The molecule has 66 valence electrons. The van der Waals surface area contributed by atoms with Crippen molar-refractivity contribution in [1.29, 1.82) is 0 Å². The van der Waals surface area contributed by atoms with Crippen LogP contribution in [0.4, 0.5) is 0 Å². The molecule has 1 heterocycles. The van der Waals surface area contributed by atoms with E-state index < -0.39 is 0 Å². The van der Waals surface area contributed by atoms with Gasteiger partial charge in [-0.3, -0.25) is 0 Å².